The van der Waals surface area contributed by atoms with E-state index in [2.05, 4.69) is 36.7 Å². The summed E-state index contributed by atoms with van der Waals surface area (Å²) in [5.74, 6) is 0. The van der Waals surface area contributed by atoms with E-state index in [0.29, 0.717) is 10.9 Å². The second-order valence-electron chi connectivity index (χ2n) is 3.57. The predicted molar refractivity (Wildman–Crippen MR) is 46.6 cm³/mol. The number of ether oxygens (including phenoxy) is 1. The van der Waals surface area contributed by atoms with Crippen LogP contribution >= 0.6 is 15.9 Å². The summed E-state index contributed by atoms with van der Waals surface area (Å²) in [4.78, 5) is 0.632. The highest BCUT2D eigenvalue weighted by Gasteiger charge is 2.46. The molecule has 0 N–H and O–H groups in total. The van der Waals surface area contributed by atoms with Crippen molar-refractivity contribution in [2.45, 2.75) is 50.1 Å². The van der Waals surface area contributed by atoms with E-state index < -0.39 is 0 Å². The molecule has 0 spiro atoms. The van der Waals surface area contributed by atoms with E-state index in [1.807, 2.05) is 0 Å². The van der Waals surface area contributed by atoms with E-state index in [0.717, 1.165) is 0 Å². The molecule has 0 aromatic rings. The summed E-state index contributed by atoms with van der Waals surface area (Å²) < 4.78 is 5.43. The molecular formula is C8H15BrO. The molecule has 1 aliphatic heterocycles. The molecule has 0 aliphatic carbocycles. The summed E-state index contributed by atoms with van der Waals surface area (Å²) in [6.45, 7) is 6.47. The third kappa shape index (κ3) is 2.24. The molecule has 0 radical (unpaired) electrons. The van der Waals surface area contributed by atoms with E-state index in [1.54, 1.807) is 0 Å². The van der Waals surface area contributed by atoms with E-state index in [4.69, 9.17) is 4.74 Å². The topological polar surface area (TPSA) is 12.5 Å². The zero-order valence-corrected chi connectivity index (χ0v) is 8.44. The molecule has 10 heavy (non-hydrogen) atoms. The number of epoxide rings is 1. The van der Waals surface area contributed by atoms with Crippen LogP contribution in [0.2, 0.25) is 0 Å². The van der Waals surface area contributed by atoms with Gasteiger partial charge in [-0.3, -0.25) is 0 Å². The van der Waals surface area contributed by atoms with Crippen LogP contribution in [0, 0.1) is 0 Å². The molecule has 1 aliphatic rings. The van der Waals surface area contributed by atoms with Gasteiger partial charge in [0.05, 0.1) is 11.7 Å². The van der Waals surface area contributed by atoms with Gasteiger partial charge in [0.15, 0.2) is 0 Å². The zero-order chi connectivity index (χ0) is 7.78. The van der Waals surface area contributed by atoms with Crippen LogP contribution < -0.4 is 0 Å². The molecule has 1 saturated heterocycles. The number of hydrogen-bond donors (Lipinski definition) is 0. The Morgan fingerprint density at radius 2 is 2.10 bits per heavy atom. The Hall–Kier alpha value is 0.440. The Morgan fingerprint density at radius 1 is 1.60 bits per heavy atom. The maximum absolute atomic E-state index is 5.43. The quantitative estimate of drug-likeness (QED) is 0.512. The van der Waals surface area contributed by atoms with Gasteiger partial charge in [0, 0.05) is 4.83 Å². The zero-order valence-electron chi connectivity index (χ0n) is 6.86. The van der Waals surface area contributed by atoms with Crippen molar-refractivity contribution in [3.05, 3.63) is 0 Å². The Balaban J connectivity index is 2.07. The number of halogens is 1. The molecule has 60 valence electrons. The first-order valence-electron chi connectivity index (χ1n) is 3.84. The number of alkyl halides is 1. The van der Waals surface area contributed by atoms with Crippen LogP contribution in [0.4, 0.5) is 0 Å². The van der Waals surface area contributed by atoms with Gasteiger partial charge in [-0.25, -0.2) is 0 Å². The Labute approximate surface area is 71.3 Å². The minimum Gasteiger partial charge on any atom is -0.367 e. The van der Waals surface area contributed by atoms with Crippen LogP contribution in [0.25, 0.3) is 0 Å². The second-order valence-corrected chi connectivity index (χ2v) is 5.13. The van der Waals surface area contributed by atoms with Crippen LogP contribution in [0.1, 0.15) is 33.6 Å². The molecular weight excluding hydrogens is 192 g/mol. The van der Waals surface area contributed by atoms with Gasteiger partial charge >= 0.3 is 0 Å². The largest absolute Gasteiger partial charge is 0.367 e. The van der Waals surface area contributed by atoms with Crippen LogP contribution in [-0.4, -0.2) is 16.5 Å². The molecule has 1 fully saturated rings. The van der Waals surface area contributed by atoms with Crippen LogP contribution in [-0.2, 0) is 4.74 Å². The normalized spacial score (nSPS) is 31.8. The van der Waals surface area contributed by atoms with Crippen molar-refractivity contribution in [3.63, 3.8) is 0 Å². The van der Waals surface area contributed by atoms with Crippen molar-refractivity contribution in [3.8, 4) is 0 Å². The smallest absolute Gasteiger partial charge is 0.0892 e. The van der Waals surface area contributed by atoms with E-state index >= 15 is 0 Å². The summed E-state index contributed by atoms with van der Waals surface area (Å²) in [6.07, 6.45) is 2.93. The summed E-state index contributed by atoms with van der Waals surface area (Å²) in [5, 5.41) is 0. The highest BCUT2D eigenvalue weighted by Crippen LogP contribution is 2.38. The van der Waals surface area contributed by atoms with Crippen molar-refractivity contribution in [1.29, 1.82) is 0 Å². The van der Waals surface area contributed by atoms with E-state index in [9.17, 15) is 0 Å². The Morgan fingerprint density at radius 3 is 2.40 bits per heavy atom. The first-order valence-corrected chi connectivity index (χ1v) is 4.76. The minimum atomic E-state index is 0.182. The summed E-state index contributed by atoms with van der Waals surface area (Å²) in [6, 6.07) is 0. The summed E-state index contributed by atoms with van der Waals surface area (Å²) >= 11 is 3.51. The van der Waals surface area contributed by atoms with E-state index in [-0.39, 0.29) is 5.60 Å². The molecule has 0 saturated carbocycles. The lowest BCUT2D eigenvalue weighted by molar-refractivity contribution is 0.319. The summed E-state index contributed by atoms with van der Waals surface area (Å²) in [7, 11) is 0. The Bertz CT molecular complexity index is 120. The van der Waals surface area contributed by atoms with Gasteiger partial charge < -0.3 is 4.74 Å². The van der Waals surface area contributed by atoms with Crippen molar-refractivity contribution in [2.75, 3.05) is 0 Å². The second kappa shape index (κ2) is 2.82. The van der Waals surface area contributed by atoms with Crippen molar-refractivity contribution in [2.24, 2.45) is 0 Å². The average molecular weight is 207 g/mol. The molecule has 0 bridgehead atoms. The highest BCUT2D eigenvalue weighted by atomic mass is 79.9. The predicted octanol–water partition coefficient (Wildman–Crippen LogP) is 2.73. The average Bonchev–Trinajstić information content (AvgIpc) is 2.35. The first kappa shape index (κ1) is 8.54. The SMILES string of the molecule is C[C@H](Br)CC[C@@H]1OC1(C)C. The van der Waals surface area contributed by atoms with E-state index in [1.165, 1.54) is 12.8 Å². The lowest BCUT2D eigenvalue weighted by Gasteiger charge is -1.99. The molecule has 0 unspecified atom stereocenters. The summed E-state index contributed by atoms with van der Waals surface area (Å²) in [5.41, 5.74) is 0.182. The van der Waals surface area contributed by atoms with Gasteiger partial charge in [-0.15, -0.1) is 0 Å². The molecule has 2 atom stereocenters. The molecule has 2 heteroatoms. The number of rotatable bonds is 3. The van der Waals surface area contributed by atoms with Gasteiger partial charge in [0.1, 0.15) is 0 Å². The van der Waals surface area contributed by atoms with Gasteiger partial charge in [-0.05, 0) is 26.7 Å². The van der Waals surface area contributed by atoms with Crippen molar-refractivity contribution >= 4 is 15.9 Å². The molecule has 0 aromatic carbocycles. The van der Waals surface area contributed by atoms with Crippen molar-refractivity contribution in [1.82, 2.24) is 0 Å². The van der Waals surface area contributed by atoms with Gasteiger partial charge in [0.2, 0.25) is 0 Å². The standard InChI is InChI=1S/C8H15BrO/c1-6(9)4-5-7-8(2,3)10-7/h6-7H,4-5H2,1-3H3/t6-,7-/m0/s1. The fourth-order valence-corrected chi connectivity index (χ4v) is 1.38. The lowest BCUT2D eigenvalue weighted by Crippen LogP contribution is -2.04. The third-order valence-corrected chi connectivity index (χ3v) is 2.45. The fourth-order valence-electron chi connectivity index (χ4n) is 1.12. The molecule has 1 nitrogen and oxygen atoms in total. The fraction of sp³-hybridized carbons (Fsp3) is 1.00. The van der Waals surface area contributed by atoms with Crippen LogP contribution in [0.5, 0.6) is 0 Å². The number of hydrogen-bond acceptors (Lipinski definition) is 1. The molecule has 1 heterocycles. The Kier molecular flexibility index (Phi) is 2.41. The highest BCUT2D eigenvalue weighted by molar-refractivity contribution is 9.09. The molecule has 0 aromatic heterocycles. The maximum Gasteiger partial charge on any atom is 0.0892 e. The van der Waals surface area contributed by atoms with Crippen molar-refractivity contribution < 1.29 is 4.74 Å². The van der Waals surface area contributed by atoms with Gasteiger partial charge in [-0.1, -0.05) is 22.9 Å². The molecule has 0 amide bonds. The lowest BCUT2D eigenvalue weighted by atomic mass is 10.1. The molecule has 1 rings (SSSR count). The maximum atomic E-state index is 5.43. The van der Waals surface area contributed by atoms with Crippen LogP contribution in [0.3, 0.4) is 0 Å². The van der Waals surface area contributed by atoms with Gasteiger partial charge in [-0.2, -0.15) is 0 Å². The van der Waals surface area contributed by atoms with Crippen LogP contribution in [0.15, 0.2) is 0 Å². The third-order valence-electron chi connectivity index (χ3n) is 1.99. The minimum absolute atomic E-state index is 0.182. The monoisotopic (exact) mass is 206 g/mol. The first-order chi connectivity index (χ1) is 4.52. The van der Waals surface area contributed by atoms with Gasteiger partial charge in [0.25, 0.3) is 0 Å².